The second-order valence-electron chi connectivity index (χ2n) is 2.59. The van der Waals surface area contributed by atoms with Gasteiger partial charge in [0.2, 0.25) is 6.08 Å². The van der Waals surface area contributed by atoms with Crippen LogP contribution < -0.4 is 0 Å². The zero-order valence-electron chi connectivity index (χ0n) is 6.89. The minimum atomic E-state index is 0.584. The van der Waals surface area contributed by atoms with E-state index in [9.17, 15) is 4.79 Å². The van der Waals surface area contributed by atoms with Crippen molar-refractivity contribution < 1.29 is 4.79 Å². The summed E-state index contributed by atoms with van der Waals surface area (Å²) < 4.78 is 0. The summed E-state index contributed by atoms with van der Waals surface area (Å²) in [6, 6.07) is 3.55. The number of rotatable bonds is 1. The molecule has 0 aromatic heterocycles. The Hall–Kier alpha value is -1.11. The van der Waals surface area contributed by atoms with Crippen molar-refractivity contribution in [3.8, 4) is 0 Å². The van der Waals surface area contributed by atoms with Gasteiger partial charge in [-0.15, -0.1) is 0 Å². The maximum atomic E-state index is 9.99. The van der Waals surface area contributed by atoms with E-state index in [4.69, 9.17) is 11.6 Å². The molecule has 1 aromatic rings. The van der Waals surface area contributed by atoms with Crippen molar-refractivity contribution in [2.24, 2.45) is 4.99 Å². The van der Waals surface area contributed by atoms with Gasteiger partial charge in [-0.1, -0.05) is 17.7 Å². The summed E-state index contributed by atoms with van der Waals surface area (Å²) in [6.07, 6.45) is 1.49. The molecule has 0 aliphatic rings. The molecule has 0 amide bonds. The smallest absolute Gasteiger partial charge is 0.211 e. The van der Waals surface area contributed by atoms with Gasteiger partial charge in [0.15, 0.2) is 0 Å². The molecule has 0 spiro atoms. The number of carbonyl (C=O) groups excluding carboxylic acids is 1. The first kappa shape index (κ1) is 8.98. The number of benzene rings is 1. The molecule has 0 aliphatic heterocycles. The zero-order chi connectivity index (χ0) is 9.14. The molecule has 1 aromatic carbocycles. The molecule has 62 valence electrons. The Balaban J connectivity index is 3.32. The molecular weight excluding hydrogens is 174 g/mol. The Morgan fingerprint density at radius 1 is 1.33 bits per heavy atom. The van der Waals surface area contributed by atoms with Gasteiger partial charge in [-0.3, -0.25) is 0 Å². The third-order valence-electron chi connectivity index (χ3n) is 1.64. The molecule has 0 saturated carbocycles. The van der Waals surface area contributed by atoms with Crippen LogP contribution >= 0.6 is 11.6 Å². The highest BCUT2D eigenvalue weighted by atomic mass is 35.5. The van der Waals surface area contributed by atoms with Crippen LogP contribution in [0.1, 0.15) is 11.1 Å². The monoisotopic (exact) mass is 181 g/mol. The SMILES string of the molecule is Cc1cc(C)c(N=C=O)cc1Cl. The van der Waals surface area contributed by atoms with Gasteiger partial charge in [-0.2, -0.15) is 4.99 Å². The number of isocyanates is 1. The minimum absolute atomic E-state index is 0.584. The van der Waals surface area contributed by atoms with Crippen molar-refractivity contribution >= 4 is 23.4 Å². The molecule has 0 N–H and O–H groups in total. The van der Waals surface area contributed by atoms with Crippen molar-refractivity contribution in [1.82, 2.24) is 0 Å². The second kappa shape index (κ2) is 3.53. The fourth-order valence-corrected chi connectivity index (χ4v) is 1.14. The minimum Gasteiger partial charge on any atom is -0.211 e. The molecule has 3 heteroatoms. The molecule has 2 nitrogen and oxygen atoms in total. The number of hydrogen-bond acceptors (Lipinski definition) is 2. The lowest BCUT2D eigenvalue weighted by Crippen LogP contribution is -1.79. The average Bonchev–Trinajstić information content (AvgIpc) is 2.01. The van der Waals surface area contributed by atoms with Crippen LogP contribution in [0, 0.1) is 13.8 Å². The van der Waals surface area contributed by atoms with Gasteiger partial charge in [0, 0.05) is 5.02 Å². The first-order valence-electron chi connectivity index (χ1n) is 3.50. The largest absolute Gasteiger partial charge is 0.240 e. The highest BCUT2D eigenvalue weighted by Crippen LogP contribution is 2.25. The van der Waals surface area contributed by atoms with Crippen molar-refractivity contribution in [2.75, 3.05) is 0 Å². The lowest BCUT2D eigenvalue weighted by molar-refractivity contribution is 0.565. The van der Waals surface area contributed by atoms with Gasteiger partial charge in [0.05, 0.1) is 5.69 Å². The first-order valence-corrected chi connectivity index (χ1v) is 3.87. The molecule has 0 heterocycles. The zero-order valence-corrected chi connectivity index (χ0v) is 7.64. The van der Waals surface area contributed by atoms with Crippen LogP contribution in [0.15, 0.2) is 17.1 Å². The molecule has 0 atom stereocenters. The number of aryl methyl sites for hydroxylation is 2. The summed E-state index contributed by atoms with van der Waals surface area (Å²) in [5.41, 5.74) is 2.50. The Bertz CT molecular complexity index is 354. The highest BCUT2D eigenvalue weighted by Gasteiger charge is 2.00. The van der Waals surface area contributed by atoms with Crippen LogP contribution in [0.3, 0.4) is 0 Å². The van der Waals surface area contributed by atoms with Crippen LogP contribution in [0.5, 0.6) is 0 Å². The summed E-state index contributed by atoms with van der Waals surface area (Å²) in [5.74, 6) is 0. The van der Waals surface area contributed by atoms with Gasteiger partial charge < -0.3 is 0 Å². The molecule has 0 saturated heterocycles. The third kappa shape index (κ3) is 1.73. The average molecular weight is 182 g/mol. The molecule has 12 heavy (non-hydrogen) atoms. The quantitative estimate of drug-likeness (QED) is 0.484. The van der Waals surface area contributed by atoms with Gasteiger partial charge in [-0.05, 0) is 31.0 Å². The standard InChI is InChI=1S/C9H8ClNO/c1-6-3-7(2)9(11-5-12)4-8(6)10/h3-4H,1-2H3. The molecule has 0 aliphatic carbocycles. The van der Waals surface area contributed by atoms with E-state index in [2.05, 4.69) is 4.99 Å². The van der Waals surface area contributed by atoms with Crippen molar-refractivity contribution in [3.63, 3.8) is 0 Å². The maximum absolute atomic E-state index is 9.99. The maximum Gasteiger partial charge on any atom is 0.240 e. The van der Waals surface area contributed by atoms with E-state index in [1.165, 1.54) is 6.08 Å². The summed E-state index contributed by atoms with van der Waals surface area (Å²) in [6.45, 7) is 3.78. The van der Waals surface area contributed by atoms with Crippen LogP contribution in [-0.4, -0.2) is 6.08 Å². The molecule has 1 rings (SSSR count). The number of hydrogen-bond donors (Lipinski definition) is 0. The molecule has 0 bridgehead atoms. The highest BCUT2D eigenvalue weighted by molar-refractivity contribution is 6.31. The van der Waals surface area contributed by atoms with Gasteiger partial charge in [0.1, 0.15) is 0 Å². The van der Waals surface area contributed by atoms with E-state index < -0.39 is 0 Å². The van der Waals surface area contributed by atoms with E-state index >= 15 is 0 Å². The normalized spacial score (nSPS) is 9.25. The number of aliphatic imine (C=N–C) groups is 1. The van der Waals surface area contributed by atoms with Gasteiger partial charge in [0.25, 0.3) is 0 Å². The van der Waals surface area contributed by atoms with E-state index in [0.29, 0.717) is 10.7 Å². The Labute approximate surface area is 75.9 Å². The Morgan fingerprint density at radius 3 is 2.58 bits per heavy atom. The van der Waals surface area contributed by atoms with Crippen molar-refractivity contribution in [1.29, 1.82) is 0 Å². The lowest BCUT2D eigenvalue weighted by atomic mass is 10.1. The predicted molar refractivity (Wildman–Crippen MR) is 48.7 cm³/mol. The second-order valence-corrected chi connectivity index (χ2v) is 3.00. The summed E-state index contributed by atoms with van der Waals surface area (Å²) >= 11 is 5.83. The fraction of sp³-hybridized carbons (Fsp3) is 0.222. The molecule has 0 unspecified atom stereocenters. The van der Waals surface area contributed by atoms with E-state index in [-0.39, 0.29) is 0 Å². The van der Waals surface area contributed by atoms with Crippen LogP contribution in [-0.2, 0) is 4.79 Å². The van der Waals surface area contributed by atoms with Gasteiger partial charge >= 0.3 is 0 Å². The van der Waals surface area contributed by atoms with E-state index in [0.717, 1.165) is 11.1 Å². The Morgan fingerprint density at radius 2 is 2.00 bits per heavy atom. The van der Waals surface area contributed by atoms with E-state index in [1.807, 2.05) is 19.9 Å². The topological polar surface area (TPSA) is 29.4 Å². The Kier molecular flexibility index (Phi) is 2.64. The summed E-state index contributed by atoms with van der Waals surface area (Å²) in [5, 5.41) is 0.620. The number of nitrogens with zero attached hydrogens (tertiary/aromatic N) is 1. The molecule has 0 fully saturated rings. The lowest BCUT2D eigenvalue weighted by Gasteiger charge is -2.01. The summed E-state index contributed by atoms with van der Waals surface area (Å²) in [7, 11) is 0. The van der Waals surface area contributed by atoms with E-state index in [1.54, 1.807) is 6.07 Å². The summed E-state index contributed by atoms with van der Waals surface area (Å²) in [4.78, 5) is 13.5. The van der Waals surface area contributed by atoms with Crippen LogP contribution in [0.4, 0.5) is 5.69 Å². The first-order chi connectivity index (χ1) is 5.65. The van der Waals surface area contributed by atoms with Crippen LogP contribution in [0.2, 0.25) is 5.02 Å². The van der Waals surface area contributed by atoms with Crippen LogP contribution in [0.25, 0.3) is 0 Å². The molecule has 0 radical (unpaired) electrons. The van der Waals surface area contributed by atoms with Crippen molar-refractivity contribution in [2.45, 2.75) is 13.8 Å². The number of halogens is 1. The predicted octanol–water partition coefficient (Wildman–Crippen LogP) is 2.92. The van der Waals surface area contributed by atoms with Crippen molar-refractivity contribution in [3.05, 3.63) is 28.3 Å². The third-order valence-corrected chi connectivity index (χ3v) is 2.05. The van der Waals surface area contributed by atoms with Gasteiger partial charge in [-0.25, -0.2) is 4.79 Å². The fourth-order valence-electron chi connectivity index (χ4n) is 0.985. The molecular formula is C9H8ClNO.